The lowest BCUT2D eigenvalue weighted by Gasteiger charge is -2.30. The predicted molar refractivity (Wildman–Crippen MR) is 117 cm³/mol. The van der Waals surface area contributed by atoms with E-state index in [1.54, 1.807) is 18.4 Å². The fourth-order valence-electron chi connectivity index (χ4n) is 3.68. The molecule has 8 heteroatoms. The van der Waals surface area contributed by atoms with Crippen molar-refractivity contribution in [2.24, 2.45) is 5.92 Å². The van der Waals surface area contributed by atoms with Crippen LogP contribution in [-0.4, -0.2) is 36.3 Å². The van der Waals surface area contributed by atoms with Crippen molar-refractivity contribution in [3.63, 3.8) is 0 Å². The molecule has 7 nitrogen and oxygen atoms in total. The van der Waals surface area contributed by atoms with Gasteiger partial charge in [0.25, 0.3) is 0 Å². The summed E-state index contributed by atoms with van der Waals surface area (Å²) < 4.78 is 11.1. The predicted octanol–water partition coefficient (Wildman–Crippen LogP) is 4.29. The number of anilines is 1. The average Bonchev–Trinajstić information content (AvgIpc) is 3.50. The van der Waals surface area contributed by atoms with Gasteiger partial charge in [-0.25, -0.2) is 0 Å². The summed E-state index contributed by atoms with van der Waals surface area (Å²) in [7, 11) is 1.63. The monoisotopic (exact) mass is 426 g/mol. The molecule has 0 aliphatic carbocycles. The highest BCUT2D eigenvalue weighted by molar-refractivity contribution is 7.10. The maximum absolute atomic E-state index is 12.8. The van der Waals surface area contributed by atoms with Crippen LogP contribution in [0.3, 0.4) is 0 Å². The molecule has 0 radical (unpaired) electrons. The van der Waals surface area contributed by atoms with Crippen LogP contribution in [0, 0.1) is 5.92 Å². The summed E-state index contributed by atoms with van der Waals surface area (Å²) in [6.45, 7) is 3.54. The number of carbonyl (C=O) groups excluding carboxylic acids is 1. The van der Waals surface area contributed by atoms with Gasteiger partial charge in [0, 0.05) is 29.4 Å². The fourth-order valence-corrected chi connectivity index (χ4v) is 4.54. The number of nitrogens with zero attached hydrogens (tertiary/aromatic N) is 3. The van der Waals surface area contributed by atoms with E-state index >= 15 is 0 Å². The standard InChI is InChI=1S/C22H26N4O3S/c1-3-18(19-5-4-14-30-19)23-20(27)15-10-12-26(13-11-15)22-25-24-21(29-22)16-6-8-17(28-2)9-7-16/h4-9,14-15,18H,3,10-13H2,1-2H3,(H,23,27)/t18-/m1/s1. The van der Waals surface area contributed by atoms with Crippen molar-refractivity contribution in [1.82, 2.24) is 15.5 Å². The molecule has 3 heterocycles. The molecule has 2 aromatic heterocycles. The van der Waals surface area contributed by atoms with E-state index in [-0.39, 0.29) is 17.9 Å². The van der Waals surface area contributed by atoms with Gasteiger partial charge in [-0.15, -0.1) is 16.4 Å². The van der Waals surface area contributed by atoms with Gasteiger partial charge < -0.3 is 19.4 Å². The second-order valence-corrected chi connectivity index (χ2v) is 8.34. The molecule has 1 aliphatic rings. The summed E-state index contributed by atoms with van der Waals surface area (Å²) in [6, 6.07) is 12.2. The number of ether oxygens (including phenoxy) is 1. The Bertz CT molecular complexity index is 947. The highest BCUT2D eigenvalue weighted by Crippen LogP contribution is 2.28. The summed E-state index contributed by atoms with van der Waals surface area (Å²) in [5, 5.41) is 13.6. The summed E-state index contributed by atoms with van der Waals surface area (Å²) >= 11 is 1.69. The van der Waals surface area contributed by atoms with Gasteiger partial charge >= 0.3 is 6.01 Å². The van der Waals surface area contributed by atoms with Crippen molar-refractivity contribution in [2.45, 2.75) is 32.2 Å². The lowest BCUT2D eigenvalue weighted by Crippen LogP contribution is -2.41. The number of methoxy groups -OCH3 is 1. The molecule has 1 N–H and O–H groups in total. The zero-order valence-corrected chi connectivity index (χ0v) is 18.0. The van der Waals surface area contributed by atoms with Gasteiger partial charge in [-0.05, 0) is 55.0 Å². The van der Waals surface area contributed by atoms with Crippen molar-refractivity contribution >= 4 is 23.3 Å². The molecule has 3 aromatic rings. The lowest BCUT2D eigenvalue weighted by atomic mass is 9.95. The zero-order valence-electron chi connectivity index (χ0n) is 17.2. The minimum atomic E-state index is 0.0132. The number of benzene rings is 1. The van der Waals surface area contributed by atoms with Crippen molar-refractivity contribution in [2.75, 3.05) is 25.1 Å². The molecule has 1 aromatic carbocycles. The minimum Gasteiger partial charge on any atom is -0.497 e. The van der Waals surface area contributed by atoms with Crippen molar-refractivity contribution in [1.29, 1.82) is 0 Å². The number of piperidine rings is 1. The Kier molecular flexibility index (Phi) is 6.32. The molecule has 4 rings (SSSR count). The molecule has 0 spiro atoms. The number of nitrogens with one attached hydrogen (secondary N) is 1. The van der Waals surface area contributed by atoms with Gasteiger partial charge in [-0.3, -0.25) is 4.79 Å². The van der Waals surface area contributed by atoms with Crippen LogP contribution in [0.15, 0.2) is 46.2 Å². The Balaban J connectivity index is 1.33. The van der Waals surface area contributed by atoms with Gasteiger partial charge in [-0.2, -0.15) is 0 Å². The van der Waals surface area contributed by atoms with E-state index in [2.05, 4.69) is 33.4 Å². The first kappa shape index (κ1) is 20.4. The van der Waals surface area contributed by atoms with Crippen LogP contribution >= 0.6 is 11.3 Å². The Hall–Kier alpha value is -2.87. The third-order valence-electron chi connectivity index (χ3n) is 5.50. The van der Waals surface area contributed by atoms with Crippen molar-refractivity contribution < 1.29 is 13.9 Å². The number of rotatable bonds is 7. The molecular formula is C22H26N4O3S. The average molecular weight is 427 g/mol. The molecule has 30 heavy (non-hydrogen) atoms. The minimum absolute atomic E-state index is 0.0132. The van der Waals surface area contributed by atoms with E-state index in [4.69, 9.17) is 9.15 Å². The third kappa shape index (κ3) is 4.48. The Labute approximate surface area is 180 Å². The Morgan fingerprint density at radius 2 is 2.03 bits per heavy atom. The Morgan fingerprint density at radius 1 is 1.27 bits per heavy atom. The first-order valence-corrected chi connectivity index (χ1v) is 11.1. The van der Waals surface area contributed by atoms with E-state index in [0.717, 1.165) is 43.7 Å². The van der Waals surface area contributed by atoms with Crippen molar-refractivity contribution in [3.05, 3.63) is 46.7 Å². The molecule has 0 saturated carbocycles. The van der Waals surface area contributed by atoms with E-state index in [0.29, 0.717) is 11.9 Å². The molecule has 0 unspecified atom stereocenters. The van der Waals surface area contributed by atoms with Gasteiger partial charge in [0.15, 0.2) is 0 Å². The van der Waals surface area contributed by atoms with Gasteiger partial charge in [-0.1, -0.05) is 18.1 Å². The number of hydrogen-bond acceptors (Lipinski definition) is 7. The maximum Gasteiger partial charge on any atom is 0.318 e. The highest BCUT2D eigenvalue weighted by Gasteiger charge is 2.28. The number of hydrogen-bond donors (Lipinski definition) is 1. The van der Waals surface area contributed by atoms with E-state index in [1.807, 2.05) is 35.7 Å². The van der Waals surface area contributed by atoms with Crippen LogP contribution in [-0.2, 0) is 4.79 Å². The second-order valence-electron chi connectivity index (χ2n) is 7.36. The smallest absolute Gasteiger partial charge is 0.318 e. The van der Waals surface area contributed by atoms with Crippen LogP contribution in [0.2, 0.25) is 0 Å². The number of thiophene rings is 1. The molecular weight excluding hydrogens is 400 g/mol. The second kappa shape index (κ2) is 9.30. The molecule has 158 valence electrons. The molecule has 1 amide bonds. The molecule has 0 bridgehead atoms. The van der Waals surface area contributed by atoms with Crippen LogP contribution in [0.5, 0.6) is 5.75 Å². The van der Waals surface area contributed by atoms with Crippen LogP contribution in [0.25, 0.3) is 11.5 Å². The number of aromatic nitrogens is 2. The highest BCUT2D eigenvalue weighted by atomic mass is 32.1. The lowest BCUT2D eigenvalue weighted by molar-refractivity contribution is -0.126. The third-order valence-corrected chi connectivity index (χ3v) is 6.48. The topological polar surface area (TPSA) is 80.5 Å². The number of amides is 1. The summed E-state index contributed by atoms with van der Waals surface area (Å²) in [6.07, 6.45) is 2.43. The molecule has 1 fully saturated rings. The van der Waals surface area contributed by atoms with Crippen LogP contribution in [0.4, 0.5) is 6.01 Å². The zero-order chi connectivity index (χ0) is 20.9. The van der Waals surface area contributed by atoms with Crippen LogP contribution < -0.4 is 15.0 Å². The van der Waals surface area contributed by atoms with Crippen molar-refractivity contribution in [3.8, 4) is 17.2 Å². The summed E-state index contributed by atoms with van der Waals surface area (Å²) in [5.41, 5.74) is 0.850. The molecule has 1 saturated heterocycles. The summed E-state index contributed by atoms with van der Waals surface area (Å²) in [5.74, 6) is 1.41. The molecule has 1 aliphatic heterocycles. The molecule has 1 atom stereocenters. The van der Waals surface area contributed by atoms with E-state index < -0.39 is 0 Å². The van der Waals surface area contributed by atoms with E-state index in [1.165, 1.54) is 4.88 Å². The van der Waals surface area contributed by atoms with Crippen LogP contribution in [0.1, 0.15) is 37.1 Å². The largest absolute Gasteiger partial charge is 0.497 e. The van der Waals surface area contributed by atoms with Gasteiger partial charge in [0.1, 0.15) is 5.75 Å². The quantitative estimate of drug-likeness (QED) is 0.607. The first-order valence-electron chi connectivity index (χ1n) is 10.2. The first-order chi connectivity index (χ1) is 14.7. The SMILES string of the molecule is CC[C@@H](NC(=O)C1CCN(c2nnc(-c3ccc(OC)cc3)o2)CC1)c1cccs1. The van der Waals surface area contributed by atoms with Gasteiger partial charge in [0.2, 0.25) is 11.8 Å². The van der Waals surface area contributed by atoms with Gasteiger partial charge in [0.05, 0.1) is 13.2 Å². The number of carbonyl (C=O) groups is 1. The van der Waals surface area contributed by atoms with E-state index in [9.17, 15) is 4.79 Å². The normalized spacial score (nSPS) is 15.7. The Morgan fingerprint density at radius 3 is 2.67 bits per heavy atom. The summed E-state index contributed by atoms with van der Waals surface area (Å²) in [4.78, 5) is 16.0. The fraction of sp³-hybridized carbons (Fsp3) is 0.409. The maximum atomic E-state index is 12.8.